The number of benzene rings is 2. The zero-order valence-corrected chi connectivity index (χ0v) is 13.0. The molecule has 0 heterocycles. The third-order valence-corrected chi connectivity index (χ3v) is 3.94. The van der Waals surface area contributed by atoms with Crippen molar-refractivity contribution in [3.63, 3.8) is 0 Å². The Labute approximate surface area is 130 Å². The van der Waals surface area contributed by atoms with E-state index < -0.39 is 0 Å². The highest BCUT2D eigenvalue weighted by Crippen LogP contribution is 2.20. The van der Waals surface area contributed by atoms with Crippen molar-refractivity contribution >= 4 is 11.8 Å². The summed E-state index contributed by atoms with van der Waals surface area (Å²) in [5.74, 6) is 1.80. The van der Waals surface area contributed by atoms with Crippen LogP contribution in [-0.4, -0.2) is 5.75 Å². The summed E-state index contributed by atoms with van der Waals surface area (Å²) in [6.45, 7) is 2.71. The van der Waals surface area contributed by atoms with Gasteiger partial charge in [-0.2, -0.15) is 5.26 Å². The molecule has 2 nitrogen and oxygen atoms in total. The summed E-state index contributed by atoms with van der Waals surface area (Å²) in [5.41, 5.74) is 3.76. The summed E-state index contributed by atoms with van der Waals surface area (Å²) in [6.07, 6.45) is 2.04. The fourth-order valence-corrected chi connectivity index (χ4v) is 2.54. The minimum Gasteiger partial charge on any atom is -0.489 e. The Morgan fingerprint density at radius 2 is 1.95 bits per heavy atom. The molecule has 0 aromatic heterocycles. The molecule has 21 heavy (non-hydrogen) atoms. The zero-order chi connectivity index (χ0) is 14.9. The molecule has 0 spiro atoms. The Morgan fingerprint density at radius 1 is 1.14 bits per heavy atom. The first-order valence-corrected chi connectivity index (χ1v) is 8.05. The van der Waals surface area contributed by atoms with Crippen LogP contribution < -0.4 is 4.74 Å². The molecule has 0 saturated carbocycles. The Bertz CT molecular complexity index is 604. The molecule has 0 radical (unpaired) electrons. The lowest BCUT2D eigenvalue weighted by molar-refractivity contribution is 0.306. The Hall–Kier alpha value is -1.92. The van der Waals surface area contributed by atoms with Gasteiger partial charge in [-0.25, -0.2) is 0 Å². The average molecular weight is 297 g/mol. The smallest absolute Gasteiger partial charge is 0.133 e. The first-order chi connectivity index (χ1) is 10.3. The van der Waals surface area contributed by atoms with Crippen molar-refractivity contribution in [1.82, 2.24) is 0 Å². The molecular formula is C18H19NOS. The number of thioether (sulfide) groups is 1. The van der Waals surface area contributed by atoms with E-state index in [0.717, 1.165) is 24.3 Å². The molecule has 3 heteroatoms. The lowest BCUT2D eigenvalue weighted by Crippen LogP contribution is -1.97. The molecule has 0 unspecified atom stereocenters. The first kappa shape index (κ1) is 15.5. The van der Waals surface area contributed by atoms with E-state index in [9.17, 15) is 0 Å². The number of hydrogen-bond acceptors (Lipinski definition) is 3. The van der Waals surface area contributed by atoms with E-state index in [1.54, 1.807) is 0 Å². The van der Waals surface area contributed by atoms with Crippen LogP contribution >= 0.6 is 11.8 Å². The molecule has 0 saturated heterocycles. The molecule has 0 N–H and O–H groups in total. The second kappa shape index (κ2) is 8.39. The molecule has 2 aromatic rings. The Balaban J connectivity index is 1.88. The first-order valence-electron chi connectivity index (χ1n) is 7.07. The minimum atomic E-state index is 0.596. The second-order valence-corrected chi connectivity index (χ2v) is 5.79. The van der Waals surface area contributed by atoms with Crippen LogP contribution in [0.3, 0.4) is 0 Å². The van der Waals surface area contributed by atoms with Crippen LogP contribution in [0.15, 0.2) is 48.5 Å². The van der Waals surface area contributed by atoms with Crippen molar-refractivity contribution in [1.29, 1.82) is 5.26 Å². The number of nitrogens with zero attached hydrogens (tertiary/aromatic N) is 1. The predicted octanol–water partition coefficient (Wildman–Crippen LogP) is 4.72. The van der Waals surface area contributed by atoms with Gasteiger partial charge >= 0.3 is 0 Å². The summed E-state index contributed by atoms with van der Waals surface area (Å²) in [6, 6.07) is 16.4. The van der Waals surface area contributed by atoms with E-state index in [1.165, 1.54) is 28.5 Å². The summed E-state index contributed by atoms with van der Waals surface area (Å²) in [5, 5.41) is 10.6. The van der Waals surface area contributed by atoms with E-state index in [-0.39, 0.29) is 0 Å². The number of aryl methyl sites for hydroxylation is 2. The summed E-state index contributed by atoms with van der Waals surface area (Å²) < 4.78 is 5.82. The maximum absolute atomic E-state index is 8.50. The maximum atomic E-state index is 8.50. The Kier molecular flexibility index (Phi) is 6.18. The number of nitriles is 1. The molecule has 0 fully saturated rings. The van der Waals surface area contributed by atoms with Crippen molar-refractivity contribution in [2.24, 2.45) is 0 Å². The van der Waals surface area contributed by atoms with Gasteiger partial charge in [-0.3, -0.25) is 0 Å². The van der Waals surface area contributed by atoms with Crippen molar-refractivity contribution in [3.05, 3.63) is 65.2 Å². The minimum absolute atomic E-state index is 0.596. The van der Waals surface area contributed by atoms with Gasteiger partial charge < -0.3 is 4.74 Å². The largest absolute Gasteiger partial charge is 0.489 e. The van der Waals surface area contributed by atoms with Crippen LogP contribution in [0.25, 0.3) is 0 Å². The number of thiocyanates is 1. The highest BCUT2D eigenvalue weighted by molar-refractivity contribution is 8.03. The van der Waals surface area contributed by atoms with Crippen molar-refractivity contribution < 1.29 is 4.74 Å². The fourth-order valence-electron chi connectivity index (χ4n) is 2.16. The summed E-state index contributed by atoms with van der Waals surface area (Å²) in [4.78, 5) is 0. The van der Waals surface area contributed by atoms with Gasteiger partial charge in [0.2, 0.25) is 0 Å². The fraction of sp³-hybridized carbons (Fsp3) is 0.278. The number of rotatable bonds is 7. The van der Waals surface area contributed by atoms with Gasteiger partial charge in [0.25, 0.3) is 0 Å². The Morgan fingerprint density at radius 3 is 2.67 bits per heavy atom. The highest BCUT2D eigenvalue weighted by Gasteiger charge is 2.02. The lowest BCUT2D eigenvalue weighted by Gasteiger charge is -2.10. The molecule has 0 aliphatic rings. The summed E-state index contributed by atoms with van der Waals surface area (Å²) >= 11 is 1.32. The SMILES string of the molecule is Cc1cc(OCc2ccccc2)ccc1CCCSC#N. The lowest BCUT2D eigenvalue weighted by atomic mass is 10.0. The second-order valence-electron chi connectivity index (χ2n) is 4.91. The van der Waals surface area contributed by atoms with Crippen molar-refractivity contribution in [2.75, 3.05) is 5.75 Å². The van der Waals surface area contributed by atoms with Crippen LogP contribution in [-0.2, 0) is 13.0 Å². The van der Waals surface area contributed by atoms with E-state index >= 15 is 0 Å². The third-order valence-electron chi connectivity index (χ3n) is 3.32. The van der Waals surface area contributed by atoms with Gasteiger partial charge in [-0.05, 0) is 60.4 Å². The number of ether oxygens (including phenoxy) is 1. The standard InChI is InChI=1S/C18H19NOS/c1-15-12-18(20-13-16-6-3-2-4-7-16)10-9-17(15)8-5-11-21-14-19/h2-4,6-7,9-10,12H,5,8,11,13H2,1H3. The van der Waals surface area contributed by atoms with Gasteiger partial charge in [-0.1, -0.05) is 36.4 Å². The molecule has 0 aliphatic heterocycles. The topological polar surface area (TPSA) is 33.0 Å². The normalized spacial score (nSPS) is 10.1. The van der Waals surface area contributed by atoms with Gasteiger partial charge in [0.05, 0.1) is 0 Å². The van der Waals surface area contributed by atoms with Crippen LogP contribution in [0.4, 0.5) is 0 Å². The van der Waals surface area contributed by atoms with Crippen LogP contribution in [0.5, 0.6) is 5.75 Å². The summed E-state index contributed by atoms with van der Waals surface area (Å²) in [7, 11) is 0. The quantitative estimate of drug-likeness (QED) is 0.547. The van der Waals surface area contributed by atoms with Crippen molar-refractivity contribution in [2.45, 2.75) is 26.4 Å². The van der Waals surface area contributed by atoms with E-state index in [0.29, 0.717) is 6.61 Å². The monoisotopic (exact) mass is 297 g/mol. The van der Waals surface area contributed by atoms with E-state index in [4.69, 9.17) is 10.00 Å². The van der Waals surface area contributed by atoms with Gasteiger partial charge in [0, 0.05) is 5.75 Å². The van der Waals surface area contributed by atoms with Gasteiger partial charge in [-0.15, -0.1) is 0 Å². The van der Waals surface area contributed by atoms with Crippen molar-refractivity contribution in [3.8, 4) is 11.2 Å². The molecule has 2 aromatic carbocycles. The number of hydrogen-bond donors (Lipinski definition) is 0. The van der Waals surface area contributed by atoms with Crippen LogP contribution in [0.1, 0.15) is 23.1 Å². The predicted molar refractivity (Wildman–Crippen MR) is 88.3 cm³/mol. The molecule has 2 rings (SSSR count). The molecular weight excluding hydrogens is 278 g/mol. The maximum Gasteiger partial charge on any atom is 0.133 e. The van der Waals surface area contributed by atoms with Crippen LogP contribution in [0.2, 0.25) is 0 Å². The van der Waals surface area contributed by atoms with Gasteiger partial charge in [0.1, 0.15) is 17.8 Å². The molecule has 108 valence electrons. The highest BCUT2D eigenvalue weighted by atomic mass is 32.2. The zero-order valence-electron chi connectivity index (χ0n) is 12.2. The molecule has 0 aliphatic carbocycles. The van der Waals surface area contributed by atoms with E-state index in [1.807, 2.05) is 24.3 Å². The third kappa shape index (κ3) is 5.17. The van der Waals surface area contributed by atoms with Crippen LogP contribution in [0, 0.1) is 17.6 Å². The molecule has 0 bridgehead atoms. The average Bonchev–Trinajstić information content (AvgIpc) is 2.52. The molecule has 0 atom stereocenters. The molecule has 0 amide bonds. The van der Waals surface area contributed by atoms with Gasteiger partial charge in [0.15, 0.2) is 0 Å². The van der Waals surface area contributed by atoms with E-state index in [2.05, 4.69) is 36.6 Å².